The highest BCUT2D eigenvalue weighted by molar-refractivity contribution is 5.85. The summed E-state index contributed by atoms with van der Waals surface area (Å²) in [6.45, 7) is 0.495. The van der Waals surface area contributed by atoms with E-state index in [1.807, 2.05) is 18.2 Å². The van der Waals surface area contributed by atoms with Gasteiger partial charge in [-0.25, -0.2) is 4.79 Å². The smallest absolute Gasteiger partial charge is 0.326 e. The molecule has 0 aliphatic rings. The van der Waals surface area contributed by atoms with Crippen LogP contribution in [-0.4, -0.2) is 9.55 Å². The number of imidazole rings is 1. The van der Waals surface area contributed by atoms with E-state index < -0.39 is 0 Å². The van der Waals surface area contributed by atoms with Crippen LogP contribution in [0.2, 0.25) is 0 Å². The van der Waals surface area contributed by atoms with E-state index in [0.717, 1.165) is 16.6 Å². The Morgan fingerprint density at radius 1 is 1.50 bits per heavy atom. The number of hydrogen-bond acceptors (Lipinski definition) is 2. The Bertz CT molecular complexity index is 500. The predicted molar refractivity (Wildman–Crippen MR) is 58.7 cm³/mol. The third-order valence-corrected chi connectivity index (χ3v) is 2.21. The number of nitrogens with two attached hydrogens (primary N) is 1. The van der Waals surface area contributed by atoms with Gasteiger partial charge in [0.1, 0.15) is 0 Å². The van der Waals surface area contributed by atoms with Crippen LogP contribution >= 0.6 is 12.4 Å². The Morgan fingerprint density at radius 3 is 2.86 bits per heavy atom. The SMILES string of the molecule is Cl.Cn1c(=O)[nH]c2ccc(CN)cc21. The molecule has 1 aromatic heterocycles. The summed E-state index contributed by atoms with van der Waals surface area (Å²) in [6, 6.07) is 5.71. The lowest BCUT2D eigenvalue weighted by Gasteiger charge is -1.97. The summed E-state index contributed by atoms with van der Waals surface area (Å²) in [5, 5.41) is 0. The second-order valence-electron chi connectivity index (χ2n) is 3.04. The average Bonchev–Trinajstić information content (AvgIpc) is 2.43. The highest BCUT2D eigenvalue weighted by Crippen LogP contribution is 2.11. The molecule has 2 aromatic rings. The Kier molecular flexibility index (Phi) is 2.98. The van der Waals surface area contributed by atoms with Gasteiger partial charge in [0.05, 0.1) is 11.0 Å². The van der Waals surface area contributed by atoms with Crippen molar-refractivity contribution in [2.24, 2.45) is 12.8 Å². The van der Waals surface area contributed by atoms with E-state index in [4.69, 9.17) is 5.73 Å². The maximum atomic E-state index is 11.2. The van der Waals surface area contributed by atoms with Crippen LogP contribution in [-0.2, 0) is 13.6 Å². The number of nitrogens with zero attached hydrogens (tertiary/aromatic N) is 1. The Labute approximate surface area is 87.1 Å². The van der Waals surface area contributed by atoms with E-state index in [2.05, 4.69) is 4.98 Å². The van der Waals surface area contributed by atoms with Crippen LogP contribution < -0.4 is 11.4 Å². The van der Waals surface area contributed by atoms with Crippen molar-refractivity contribution in [1.29, 1.82) is 0 Å². The summed E-state index contributed by atoms with van der Waals surface area (Å²) < 4.78 is 1.58. The van der Waals surface area contributed by atoms with Crippen molar-refractivity contribution in [2.45, 2.75) is 6.54 Å². The van der Waals surface area contributed by atoms with Gasteiger partial charge in [-0.05, 0) is 17.7 Å². The topological polar surface area (TPSA) is 63.8 Å². The van der Waals surface area contributed by atoms with E-state index in [-0.39, 0.29) is 18.1 Å². The Hall–Kier alpha value is -1.26. The van der Waals surface area contributed by atoms with E-state index in [1.165, 1.54) is 0 Å². The molecule has 0 aliphatic carbocycles. The number of halogens is 1. The standard InChI is InChI=1S/C9H11N3O.ClH/c1-12-8-4-6(5-10)2-3-7(8)11-9(12)13;/h2-4H,5,10H2,1H3,(H,11,13);1H. The van der Waals surface area contributed by atoms with E-state index >= 15 is 0 Å². The number of aryl methyl sites for hydroxylation is 1. The van der Waals surface area contributed by atoms with E-state index in [1.54, 1.807) is 11.6 Å². The van der Waals surface area contributed by atoms with Crippen molar-refractivity contribution in [3.63, 3.8) is 0 Å². The maximum Gasteiger partial charge on any atom is 0.326 e. The molecule has 0 saturated heterocycles. The molecule has 0 atom stereocenters. The van der Waals surface area contributed by atoms with Gasteiger partial charge in [-0.15, -0.1) is 12.4 Å². The van der Waals surface area contributed by atoms with Gasteiger partial charge < -0.3 is 10.7 Å². The normalized spacial score (nSPS) is 10.1. The Balaban J connectivity index is 0.000000980. The summed E-state index contributed by atoms with van der Waals surface area (Å²) in [6.07, 6.45) is 0. The average molecular weight is 214 g/mol. The molecule has 0 spiro atoms. The largest absolute Gasteiger partial charge is 0.326 e. The third-order valence-electron chi connectivity index (χ3n) is 2.21. The number of H-pyrrole nitrogens is 1. The number of benzene rings is 1. The van der Waals surface area contributed by atoms with Crippen molar-refractivity contribution >= 4 is 23.4 Å². The van der Waals surface area contributed by atoms with Crippen LogP contribution in [0.4, 0.5) is 0 Å². The summed E-state index contributed by atoms with van der Waals surface area (Å²) in [4.78, 5) is 14.0. The van der Waals surface area contributed by atoms with Crippen molar-refractivity contribution in [1.82, 2.24) is 9.55 Å². The van der Waals surface area contributed by atoms with Gasteiger partial charge in [0.15, 0.2) is 0 Å². The molecule has 1 heterocycles. The zero-order chi connectivity index (χ0) is 9.42. The van der Waals surface area contributed by atoms with Crippen molar-refractivity contribution in [3.05, 3.63) is 34.2 Å². The van der Waals surface area contributed by atoms with Crippen LogP contribution in [0.25, 0.3) is 11.0 Å². The number of aromatic amines is 1. The molecule has 4 nitrogen and oxygen atoms in total. The maximum absolute atomic E-state index is 11.2. The van der Waals surface area contributed by atoms with Gasteiger partial charge in [-0.1, -0.05) is 6.07 Å². The molecule has 0 fully saturated rings. The fourth-order valence-electron chi connectivity index (χ4n) is 1.40. The molecule has 0 aliphatic heterocycles. The molecule has 14 heavy (non-hydrogen) atoms. The first-order chi connectivity index (χ1) is 6.22. The number of nitrogens with one attached hydrogen (secondary N) is 1. The van der Waals surface area contributed by atoms with Crippen LogP contribution in [0.1, 0.15) is 5.56 Å². The van der Waals surface area contributed by atoms with Crippen molar-refractivity contribution in [3.8, 4) is 0 Å². The zero-order valence-corrected chi connectivity index (χ0v) is 8.60. The summed E-state index contributed by atoms with van der Waals surface area (Å²) >= 11 is 0. The first kappa shape index (κ1) is 10.8. The Morgan fingerprint density at radius 2 is 2.21 bits per heavy atom. The number of aromatic nitrogens is 2. The van der Waals surface area contributed by atoms with Crippen LogP contribution in [0.15, 0.2) is 23.0 Å². The van der Waals surface area contributed by atoms with Crippen molar-refractivity contribution < 1.29 is 0 Å². The molecule has 0 saturated carbocycles. The van der Waals surface area contributed by atoms with Gasteiger partial charge in [-0.2, -0.15) is 0 Å². The molecular weight excluding hydrogens is 202 g/mol. The first-order valence-electron chi connectivity index (χ1n) is 4.10. The van der Waals surface area contributed by atoms with Gasteiger partial charge in [0.25, 0.3) is 0 Å². The lowest BCUT2D eigenvalue weighted by Crippen LogP contribution is -2.11. The molecule has 0 radical (unpaired) electrons. The fraction of sp³-hybridized carbons (Fsp3) is 0.222. The molecule has 5 heteroatoms. The number of hydrogen-bond donors (Lipinski definition) is 2. The van der Waals surface area contributed by atoms with Crippen LogP contribution in [0, 0.1) is 0 Å². The molecule has 3 N–H and O–H groups in total. The summed E-state index contributed by atoms with van der Waals surface area (Å²) in [7, 11) is 1.74. The minimum atomic E-state index is -0.0934. The second kappa shape index (κ2) is 3.86. The lowest BCUT2D eigenvalue weighted by molar-refractivity contribution is 0.890. The zero-order valence-electron chi connectivity index (χ0n) is 7.78. The van der Waals surface area contributed by atoms with E-state index in [9.17, 15) is 4.79 Å². The van der Waals surface area contributed by atoms with Crippen molar-refractivity contribution in [2.75, 3.05) is 0 Å². The fourth-order valence-corrected chi connectivity index (χ4v) is 1.40. The minimum Gasteiger partial charge on any atom is -0.326 e. The molecule has 0 unspecified atom stereocenters. The van der Waals surface area contributed by atoms with Gasteiger partial charge in [0.2, 0.25) is 0 Å². The lowest BCUT2D eigenvalue weighted by atomic mass is 10.2. The van der Waals surface area contributed by atoms with E-state index in [0.29, 0.717) is 6.54 Å². The molecule has 0 amide bonds. The highest BCUT2D eigenvalue weighted by atomic mass is 35.5. The molecular formula is C9H12ClN3O. The molecule has 76 valence electrons. The van der Waals surface area contributed by atoms with Crippen LogP contribution in [0.3, 0.4) is 0 Å². The summed E-state index contributed by atoms with van der Waals surface area (Å²) in [5.41, 5.74) is 8.18. The first-order valence-corrected chi connectivity index (χ1v) is 4.10. The molecule has 0 bridgehead atoms. The minimum absolute atomic E-state index is 0. The number of rotatable bonds is 1. The highest BCUT2D eigenvalue weighted by Gasteiger charge is 2.02. The van der Waals surface area contributed by atoms with Gasteiger partial charge in [-0.3, -0.25) is 4.57 Å². The number of fused-ring (bicyclic) bond motifs is 1. The van der Waals surface area contributed by atoms with Gasteiger partial charge in [0, 0.05) is 13.6 Å². The van der Waals surface area contributed by atoms with Crippen LogP contribution in [0.5, 0.6) is 0 Å². The summed E-state index contributed by atoms with van der Waals surface area (Å²) in [5.74, 6) is 0. The molecule has 1 aromatic carbocycles. The second-order valence-corrected chi connectivity index (χ2v) is 3.04. The quantitative estimate of drug-likeness (QED) is 0.734. The predicted octanol–water partition coefficient (Wildman–Crippen LogP) is 0.747. The third kappa shape index (κ3) is 1.54. The van der Waals surface area contributed by atoms with Gasteiger partial charge >= 0.3 is 5.69 Å². The molecule has 2 rings (SSSR count). The monoisotopic (exact) mass is 213 g/mol.